The van der Waals surface area contributed by atoms with Gasteiger partial charge in [-0.3, -0.25) is 9.78 Å². The highest BCUT2D eigenvalue weighted by Gasteiger charge is 2.55. The molecule has 272 valence electrons. The van der Waals surface area contributed by atoms with Crippen LogP contribution in [-0.2, 0) is 34.8 Å². The van der Waals surface area contributed by atoms with Crippen molar-refractivity contribution in [3.8, 4) is 0 Å². The zero-order chi connectivity index (χ0) is 35.9. The van der Waals surface area contributed by atoms with Crippen LogP contribution in [0.2, 0.25) is 0 Å². The van der Waals surface area contributed by atoms with Crippen molar-refractivity contribution in [2.75, 3.05) is 13.2 Å². The van der Waals surface area contributed by atoms with Gasteiger partial charge in [-0.1, -0.05) is 106 Å². The highest BCUT2D eigenvalue weighted by atomic mass is 16.5. The molecule has 1 unspecified atom stereocenters. The van der Waals surface area contributed by atoms with Gasteiger partial charge in [-0.25, -0.2) is 0 Å². The van der Waals surface area contributed by atoms with E-state index in [-0.39, 0.29) is 41.0 Å². The first kappa shape index (κ1) is 38.0. The standard InChI is InChI=1S/C38H53NO5.C5H12/c1-9-23(2)42-28-22-37(7,8)35(43-24(3)40)33-29(28)31-30(32(39-33)25-16-20-41-21-17-25)34(44-38(31)18-10-11-19-38)26-12-14-27(15-13-26)36(4,5)6;1-5(2,3)4/h12-15,23,25,28,34-35H,9-11,16-22H2,1-8H3;1-4H3/t23?,28-,34+,35-;/m0./s1. The molecular weight excluding hydrogens is 610 g/mol. The third kappa shape index (κ3) is 8.28. The van der Waals surface area contributed by atoms with Crippen LogP contribution < -0.4 is 0 Å². The molecule has 1 aromatic carbocycles. The minimum absolute atomic E-state index is 0.0760. The summed E-state index contributed by atoms with van der Waals surface area (Å²) in [5.74, 6) is -0.00914. The van der Waals surface area contributed by atoms with E-state index >= 15 is 0 Å². The van der Waals surface area contributed by atoms with E-state index in [2.05, 4.69) is 100 Å². The Morgan fingerprint density at radius 3 is 2.08 bits per heavy atom. The van der Waals surface area contributed by atoms with Gasteiger partial charge in [0.05, 0.1) is 29.2 Å². The molecule has 1 aromatic heterocycles. The second-order valence-corrected chi connectivity index (χ2v) is 18.6. The number of nitrogens with zero attached hydrogens (tertiary/aromatic N) is 1. The lowest BCUT2D eigenvalue weighted by molar-refractivity contribution is -0.159. The van der Waals surface area contributed by atoms with Crippen molar-refractivity contribution in [1.82, 2.24) is 4.98 Å². The molecule has 2 aromatic rings. The van der Waals surface area contributed by atoms with Crippen LogP contribution in [-0.4, -0.2) is 30.3 Å². The topological polar surface area (TPSA) is 66.9 Å². The third-order valence-electron chi connectivity index (χ3n) is 10.7. The highest BCUT2D eigenvalue weighted by Crippen LogP contribution is 2.62. The number of benzene rings is 1. The summed E-state index contributed by atoms with van der Waals surface area (Å²) in [5, 5.41) is 0. The molecule has 1 saturated heterocycles. The van der Waals surface area contributed by atoms with E-state index in [0.29, 0.717) is 5.41 Å². The Morgan fingerprint density at radius 1 is 0.959 bits per heavy atom. The fraction of sp³-hybridized carbons (Fsp3) is 0.721. The summed E-state index contributed by atoms with van der Waals surface area (Å²) in [5.41, 5.74) is 8.04. The Hall–Kier alpha value is -2.28. The number of ether oxygens (including phenoxy) is 4. The number of aromatic nitrogens is 1. The summed E-state index contributed by atoms with van der Waals surface area (Å²) < 4.78 is 26.3. The average Bonchev–Trinajstić information content (AvgIpc) is 3.62. The van der Waals surface area contributed by atoms with Gasteiger partial charge < -0.3 is 18.9 Å². The Balaban J connectivity index is 0.000000874. The van der Waals surface area contributed by atoms with Gasteiger partial charge in [-0.2, -0.15) is 0 Å². The zero-order valence-electron chi connectivity index (χ0n) is 32.8. The molecule has 2 fully saturated rings. The van der Waals surface area contributed by atoms with Crippen LogP contribution in [0.15, 0.2) is 24.3 Å². The quantitative estimate of drug-likeness (QED) is 0.284. The number of esters is 1. The number of hydrogen-bond acceptors (Lipinski definition) is 6. The number of rotatable bonds is 6. The number of carbonyl (C=O) groups excluding carboxylic acids is 1. The molecule has 0 bridgehead atoms. The Morgan fingerprint density at radius 2 is 1.55 bits per heavy atom. The summed E-state index contributed by atoms with van der Waals surface area (Å²) in [6.45, 7) is 27.2. The molecule has 3 heterocycles. The van der Waals surface area contributed by atoms with E-state index < -0.39 is 11.7 Å². The van der Waals surface area contributed by atoms with Gasteiger partial charge in [-0.15, -0.1) is 0 Å². The van der Waals surface area contributed by atoms with Gasteiger partial charge in [0.15, 0.2) is 0 Å². The normalized spacial score (nSPS) is 25.3. The van der Waals surface area contributed by atoms with E-state index in [9.17, 15) is 4.79 Å². The molecule has 4 aliphatic rings. The summed E-state index contributed by atoms with van der Waals surface area (Å²) >= 11 is 0. The Labute approximate surface area is 297 Å². The predicted octanol–water partition coefficient (Wildman–Crippen LogP) is 11.1. The van der Waals surface area contributed by atoms with Crippen molar-refractivity contribution in [1.29, 1.82) is 0 Å². The lowest BCUT2D eigenvalue weighted by atomic mass is 9.68. The van der Waals surface area contributed by atoms with Crippen molar-refractivity contribution >= 4 is 5.97 Å². The van der Waals surface area contributed by atoms with Crippen molar-refractivity contribution < 1.29 is 23.7 Å². The van der Waals surface area contributed by atoms with Crippen LogP contribution >= 0.6 is 0 Å². The molecule has 1 spiro atoms. The molecule has 49 heavy (non-hydrogen) atoms. The molecule has 6 nitrogen and oxygen atoms in total. The lowest BCUT2D eigenvalue weighted by Crippen LogP contribution is -2.38. The van der Waals surface area contributed by atoms with E-state index in [0.717, 1.165) is 81.5 Å². The smallest absolute Gasteiger partial charge is 0.303 e. The van der Waals surface area contributed by atoms with E-state index in [1.807, 2.05) is 0 Å². The molecule has 0 radical (unpaired) electrons. The monoisotopic (exact) mass is 675 g/mol. The Bertz CT molecular complexity index is 1450. The maximum Gasteiger partial charge on any atom is 0.303 e. The largest absolute Gasteiger partial charge is 0.455 e. The van der Waals surface area contributed by atoms with Crippen LogP contribution in [0.3, 0.4) is 0 Å². The summed E-state index contributed by atoms with van der Waals surface area (Å²) in [6, 6.07) is 9.08. The van der Waals surface area contributed by atoms with Gasteiger partial charge in [-0.05, 0) is 73.0 Å². The van der Waals surface area contributed by atoms with E-state index in [1.54, 1.807) is 0 Å². The van der Waals surface area contributed by atoms with Gasteiger partial charge in [0.25, 0.3) is 0 Å². The SMILES string of the molecule is CC(C)(C)C.CCC(C)O[C@H]1CC(C)(C)[C@@H](OC(C)=O)c2nc(C3CCOCC3)c3c(c21)C1(CCCC1)O[C@@H]3c1ccc(C(C)(C)C)cc1. The molecule has 1 saturated carbocycles. The zero-order valence-corrected chi connectivity index (χ0v) is 32.8. The van der Waals surface area contributed by atoms with E-state index in [1.165, 1.54) is 29.2 Å². The van der Waals surface area contributed by atoms with Gasteiger partial charge in [0.1, 0.15) is 12.2 Å². The number of carbonyl (C=O) groups is 1. The molecular formula is C43H65NO5. The first-order valence-electron chi connectivity index (χ1n) is 19.1. The van der Waals surface area contributed by atoms with Crippen molar-refractivity contribution in [3.63, 3.8) is 0 Å². The highest BCUT2D eigenvalue weighted by molar-refractivity contribution is 5.67. The summed E-state index contributed by atoms with van der Waals surface area (Å²) in [4.78, 5) is 18.2. The summed E-state index contributed by atoms with van der Waals surface area (Å²) in [7, 11) is 0. The van der Waals surface area contributed by atoms with Crippen LogP contribution in [0.5, 0.6) is 0 Å². The molecule has 0 N–H and O–H groups in total. The molecule has 6 heteroatoms. The molecule has 2 aliphatic carbocycles. The molecule has 2 aliphatic heterocycles. The molecule has 6 rings (SSSR count). The average molecular weight is 676 g/mol. The van der Waals surface area contributed by atoms with E-state index in [4.69, 9.17) is 23.9 Å². The minimum atomic E-state index is -0.445. The van der Waals surface area contributed by atoms with Gasteiger partial charge in [0.2, 0.25) is 0 Å². The number of fused-ring (bicyclic) bond motifs is 4. The van der Waals surface area contributed by atoms with Crippen LogP contribution in [0.4, 0.5) is 0 Å². The van der Waals surface area contributed by atoms with Crippen molar-refractivity contribution in [2.45, 2.75) is 176 Å². The first-order valence-corrected chi connectivity index (χ1v) is 19.1. The van der Waals surface area contributed by atoms with Crippen molar-refractivity contribution in [2.24, 2.45) is 10.8 Å². The number of pyridine rings is 1. The minimum Gasteiger partial charge on any atom is -0.455 e. The van der Waals surface area contributed by atoms with Crippen LogP contribution in [0.25, 0.3) is 0 Å². The first-order chi connectivity index (χ1) is 22.8. The number of hydrogen-bond donors (Lipinski definition) is 0. The second kappa shape index (κ2) is 14.4. The van der Waals surface area contributed by atoms with Crippen molar-refractivity contribution in [3.05, 3.63) is 63.5 Å². The van der Waals surface area contributed by atoms with Gasteiger partial charge >= 0.3 is 5.97 Å². The maximum atomic E-state index is 12.6. The van der Waals surface area contributed by atoms with Crippen LogP contribution in [0, 0.1) is 10.8 Å². The maximum absolute atomic E-state index is 12.6. The Kier molecular flexibility index (Phi) is 11.1. The second-order valence-electron chi connectivity index (χ2n) is 18.6. The van der Waals surface area contributed by atoms with Crippen LogP contribution in [0.1, 0.15) is 198 Å². The fourth-order valence-electron chi connectivity index (χ4n) is 8.20. The lowest BCUT2D eigenvalue weighted by Gasteiger charge is -2.45. The fourth-order valence-corrected chi connectivity index (χ4v) is 8.20. The summed E-state index contributed by atoms with van der Waals surface area (Å²) in [6.07, 6.45) is 7.09. The van der Waals surface area contributed by atoms with Gasteiger partial charge in [0, 0.05) is 42.6 Å². The predicted molar refractivity (Wildman–Crippen MR) is 197 cm³/mol. The third-order valence-corrected chi connectivity index (χ3v) is 10.7. The molecule has 0 amide bonds. The molecule has 4 atom stereocenters.